The Kier molecular flexibility index (Phi) is 0.455. The fourth-order valence-electron chi connectivity index (χ4n) is 18.4. The number of hydrogen-bond acceptors (Lipinski definition) is 0. The second-order valence-corrected chi connectivity index (χ2v) is 39.0. The van der Waals surface area contributed by atoms with Gasteiger partial charge in [-0.25, -0.2) is 0 Å². The summed E-state index contributed by atoms with van der Waals surface area (Å²) in [4.78, 5) is 12.9. The standard InChI is InChI=1S/C17H14P.C5H5.Fe/c1-3-9-15(10-4-1)18(17-13-7-8-14-17)16-11-5-2-6-12-16;1-2-4-5-3-1;/h1-14H;1-5H;. The Bertz CT molecular complexity index is 1310. The van der Waals surface area contributed by atoms with Gasteiger partial charge in [-0.05, 0) is 0 Å². The van der Waals surface area contributed by atoms with Crippen molar-refractivity contribution in [3.8, 4) is 0 Å². The molecular formula is C22H19FeP. The Labute approximate surface area is 133 Å². The van der Waals surface area contributed by atoms with Crippen LogP contribution in [-0.4, -0.2) is 4.05 Å². The van der Waals surface area contributed by atoms with Gasteiger partial charge in [0, 0.05) is 0 Å². The van der Waals surface area contributed by atoms with Gasteiger partial charge in [0.1, 0.15) is 0 Å². The van der Waals surface area contributed by atoms with Crippen LogP contribution in [0.15, 0.2) is 60.7 Å². The summed E-state index contributed by atoms with van der Waals surface area (Å²) >= 11 is 0. The molecule has 10 aliphatic heterocycles. The molecule has 12 rings (SSSR count). The fraction of sp³-hybridized carbons (Fsp3) is 0.455. The fourth-order valence-corrected chi connectivity index (χ4v) is 107. The minimum absolute atomic E-state index is 0.0683. The Morgan fingerprint density at radius 1 is 0.583 bits per heavy atom. The van der Waals surface area contributed by atoms with E-state index in [1.54, 1.807) is 10.6 Å². The van der Waals surface area contributed by atoms with Gasteiger partial charge in [-0.2, -0.15) is 0 Å². The molecule has 0 aliphatic carbocycles. The predicted molar refractivity (Wildman–Crippen MR) is 95.6 cm³/mol. The van der Waals surface area contributed by atoms with E-state index in [4.69, 9.17) is 0 Å². The van der Waals surface area contributed by atoms with Crippen molar-refractivity contribution < 1.29 is 6.51 Å². The summed E-state index contributed by atoms with van der Waals surface area (Å²) in [5.41, 5.74) is 0. The van der Waals surface area contributed by atoms with Crippen LogP contribution in [0.1, 0.15) is 0 Å². The Hall–Kier alpha value is -0.611. The van der Waals surface area contributed by atoms with Crippen molar-refractivity contribution in [3.63, 3.8) is 0 Å². The van der Waals surface area contributed by atoms with Crippen molar-refractivity contribution in [3.05, 3.63) is 60.7 Å². The van der Waals surface area contributed by atoms with Crippen molar-refractivity contribution in [1.82, 2.24) is 0 Å². The molecular weight excluding hydrogens is 351 g/mol. The van der Waals surface area contributed by atoms with Gasteiger partial charge < -0.3 is 0 Å². The van der Waals surface area contributed by atoms with E-state index < -0.39 is 6.51 Å². The van der Waals surface area contributed by atoms with Crippen LogP contribution in [0.25, 0.3) is 0 Å². The van der Waals surface area contributed by atoms with Gasteiger partial charge in [0.25, 0.3) is 0 Å². The van der Waals surface area contributed by atoms with E-state index in [1.165, 1.54) is 43.3 Å². The third kappa shape index (κ3) is 0.151. The van der Waals surface area contributed by atoms with Gasteiger partial charge in [-0.1, -0.05) is 0 Å². The van der Waals surface area contributed by atoms with E-state index in [9.17, 15) is 0 Å². The van der Waals surface area contributed by atoms with Crippen molar-refractivity contribution in [2.75, 3.05) is 0 Å². The molecule has 10 heterocycles. The summed E-state index contributed by atoms with van der Waals surface area (Å²) in [7, 11) is -0.0683. The van der Waals surface area contributed by atoms with Crippen molar-refractivity contribution in [2.24, 2.45) is 0 Å². The summed E-state index contributed by atoms with van der Waals surface area (Å²) in [6, 6.07) is 23.7. The molecule has 10 fully saturated rings. The predicted octanol–water partition coefficient (Wildman–Crippen LogP) is 5.42. The maximum absolute atomic E-state index is 3.05. The normalized spacial score (nSPS) is 87.8. The molecule has 2 aromatic rings. The van der Waals surface area contributed by atoms with Crippen molar-refractivity contribution in [1.29, 1.82) is 0 Å². The first kappa shape index (κ1) is 9.91. The Balaban J connectivity index is 1.31. The van der Waals surface area contributed by atoms with Crippen LogP contribution in [0, 0.1) is 0 Å². The SMILES string of the molecule is c1ccc(P(c2ccccc2)[C]23[CH]4[CH]5[CH]6[CH]2[Fe]56432789[CH]3[CH]2[CH]7[CH]8[CH]39)cc1. The molecule has 4 atom stereocenters. The average Bonchev–Trinajstić information content (AvgIpc) is 3.57. The molecule has 10 aliphatic rings. The van der Waals surface area contributed by atoms with Crippen LogP contribution >= 0.6 is 7.92 Å². The van der Waals surface area contributed by atoms with Crippen molar-refractivity contribution >= 4 is 18.5 Å². The summed E-state index contributed by atoms with van der Waals surface area (Å²) in [6.45, 7) is -3.05. The van der Waals surface area contributed by atoms with Crippen LogP contribution in [0.4, 0.5) is 0 Å². The molecule has 2 aromatic carbocycles. The van der Waals surface area contributed by atoms with E-state index in [1.807, 2.05) is 0 Å². The monoisotopic (exact) mass is 370 g/mol. The molecule has 0 amide bonds. The molecule has 2 heteroatoms. The Morgan fingerprint density at radius 3 is 1.29 bits per heavy atom. The van der Waals surface area contributed by atoms with Crippen LogP contribution in [0.3, 0.4) is 0 Å². The molecule has 0 radical (unpaired) electrons. The summed E-state index contributed by atoms with van der Waals surface area (Å²) in [5.74, 6) is 0. The van der Waals surface area contributed by atoms with E-state index in [0.717, 1.165) is 4.05 Å². The second-order valence-electron chi connectivity index (χ2n) is 12.6. The molecule has 0 nitrogen and oxygen atoms in total. The molecule has 24 heavy (non-hydrogen) atoms. The molecule has 10 saturated heterocycles. The van der Waals surface area contributed by atoms with Crippen LogP contribution in [0.5, 0.6) is 0 Å². The van der Waals surface area contributed by atoms with Gasteiger partial charge in [0.05, 0.1) is 0 Å². The van der Waals surface area contributed by atoms with Gasteiger partial charge in [-0.15, -0.1) is 0 Å². The Morgan fingerprint density at radius 2 is 1.00 bits per heavy atom. The topological polar surface area (TPSA) is 0 Å². The van der Waals surface area contributed by atoms with Gasteiger partial charge >= 0.3 is 133 Å². The zero-order chi connectivity index (χ0) is 14.8. The van der Waals surface area contributed by atoms with Crippen LogP contribution < -0.4 is 10.6 Å². The van der Waals surface area contributed by atoms with E-state index in [-0.39, 0.29) is 7.92 Å². The summed E-state index contributed by atoms with van der Waals surface area (Å²) in [6.07, 6.45) is 0. The number of hydrogen-bond donors (Lipinski definition) is 0. The quantitative estimate of drug-likeness (QED) is 0.500. The molecule has 0 bridgehead atoms. The molecule has 0 N–H and O–H groups in total. The van der Waals surface area contributed by atoms with Crippen molar-refractivity contribution in [2.45, 2.75) is 47.4 Å². The maximum atomic E-state index is 2.50. The summed E-state index contributed by atoms with van der Waals surface area (Å²) < 4.78 is 0.983. The second kappa shape index (κ2) is 1.10. The first-order valence-corrected chi connectivity index (χ1v) is 17.4. The number of benzene rings is 2. The van der Waals surface area contributed by atoms with E-state index >= 15 is 0 Å². The zero-order valence-corrected chi connectivity index (χ0v) is 15.3. The molecule has 0 aromatic heterocycles. The van der Waals surface area contributed by atoms with Gasteiger partial charge in [-0.3, -0.25) is 0 Å². The first-order chi connectivity index (χ1) is 11.6. The minimum atomic E-state index is -3.05. The first-order valence-electron chi connectivity index (χ1n) is 9.75. The number of fused-ring (bicyclic) bond motifs is 10. The number of rotatable bonds is 3. The molecule has 4 unspecified atom stereocenters. The molecule has 0 saturated carbocycles. The van der Waals surface area contributed by atoms with E-state index in [0.29, 0.717) is 0 Å². The third-order valence-corrected chi connectivity index (χ3v) is 66.3. The van der Waals surface area contributed by atoms with Crippen LogP contribution in [-0.2, 0) is 6.51 Å². The van der Waals surface area contributed by atoms with E-state index in [2.05, 4.69) is 60.7 Å². The van der Waals surface area contributed by atoms with Gasteiger partial charge in [0.15, 0.2) is 0 Å². The average molecular weight is 370 g/mol. The zero-order valence-electron chi connectivity index (χ0n) is 13.3. The van der Waals surface area contributed by atoms with Crippen LogP contribution in [0.2, 0.25) is 43.3 Å². The van der Waals surface area contributed by atoms with Gasteiger partial charge in [0.2, 0.25) is 0 Å². The summed E-state index contributed by atoms with van der Waals surface area (Å²) in [5, 5.41) is 3.48. The molecule has 1 spiro atoms. The third-order valence-electron chi connectivity index (χ3n) is 17.0. The molecule has 120 valence electrons.